The van der Waals surface area contributed by atoms with Gasteiger partial charge in [-0.05, 0) is 161 Å². The van der Waals surface area contributed by atoms with Crippen LogP contribution in [-0.4, -0.2) is 96.7 Å². The van der Waals surface area contributed by atoms with E-state index in [0.29, 0.717) is 32.1 Å². The first kappa shape index (κ1) is 103. The van der Waals surface area contributed by atoms with E-state index >= 15 is 0 Å². The molecule has 0 aliphatic carbocycles. The molecule has 0 aromatic rings. The lowest BCUT2D eigenvalue weighted by Gasteiger charge is -2.21. The summed E-state index contributed by atoms with van der Waals surface area (Å²) in [5.74, 6) is -2.32. The van der Waals surface area contributed by atoms with Crippen LogP contribution in [0.15, 0.2) is 158 Å². The molecule has 0 saturated carbocycles. The SMILES string of the molecule is CC/C=C\C/C=C\C/C=C\C/C=C\C/C=C\C/C=C\CCC(=O)O[C@H](COC(=O)CCCCC/C=C\C/C=C\C/C=C\C/C=C\C/C=C\CC)COP(=O)(O)OC[C@@H](O)COP(=O)(O)OC[C@@H](COC(=O)CCCCCCCCC/C=C\CCCCCC)OC(=O)CCCCCCCCC/C=C\CCCCCC. The number of esters is 4. The van der Waals surface area contributed by atoms with E-state index in [2.05, 4.69) is 167 Å². The topological polar surface area (TPSA) is 237 Å². The van der Waals surface area contributed by atoms with Gasteiger partial charge in [0, 0.05) is 25.7 Å². The van der Waals surface area contributed by atoms with Gasteiger partial charge in [0.15, 0.2) is 12.2 Å². The van der Waals surface area contributed by atoms with Gasteiger partial charge in [0.25, 0.3) is 0 Å². The Kier molecular flexibility index (Phi) is 75.8. The monoisotopic (exact) mass is 1550 g/mol. The average molecular weight is 1550 g/mol. The highest BCUT2D eigenvalue weighted by molar-refractivity contribution is 7.47. The van der Waals surface area contributed by atoms with Crippen molar-refractivity contribution in [3.05, 3.63) is 158 Å². The van der Waals surface area contributed by atoms with Gasteiger partial charge in [0.05, 0.1) is 26.4 Å². The molecule has 5 atom stereocenters. The van der Waals surface area contributed by atoms with Crippen LogP contribution in [0, 0.1) is 0 Å². The molecule has 0 aromatic carbocycles. The van der Waals surface area contributed by atoms with Gasteiger partial charge in [-0.1, -0.05) is 295 Å². The van der Waals surface area contributed by atoms with E-state index < -0.39 is 97.5 Å². The Balaban J connectivity index is 5.49. The van der Waals surface area contributed by atoms with Crippen molar-refractivity contribution in [3.8, 4) is 0 Å². The maximum Gasteiger partial charge on any atom is 0.472 e. The number of aliphatic hydroxyl groups is 1. The van der Waals surface area contributed by atoms with E-state index in [1.54, 1.807) is 0 Å². The highest BCUT2D eigenvalue weighted by Gasteiger charge is 2.30. The fourth-order valence-electron chi connectivity index (χ4n) is 10.7. The zero-order chi connectivity index (χ0) is 78.9. The van der Waals surface area contributed by atoms with Crippen molar-refractivity contribution in [1.29, 1.82) is 0 Å². The van der Waals surface area contributed by atoms with Crippen LogP contribution in [-0.2, 0) is 65.4 Å². The van der Waals surface area contributed by atoms with Gasteiger partial charge in [0.1, 0.15) is 19.3 Å². The summed E-state index contributed by atoms with van der Waals surface area (Å²) in [6.45, 7) is 4.51. The Hall–Kier alpha value is -5.32. The highest BCUT2D eigenvalue weighted by Crippen LogP contribution is 2.45. The molecule has 3 N–H and O–H groups in total. The molecule has 0 aliphatic rings. The number of rotatable bonds is 77. The van der Waals surface area contributed by atoms with Crippen molar-refractivity contribution in [2.24, 2.45) is 0 Å². The van der Waals surface area contributed by atoms with Crippen LogP contribution in [0.5, 0.6) is 0 Å². The second-order valence-corrected chi connectivity index (χ2v) is 30.2. The summed E-state index contributed by atoms with van der Waals surface area (Å²) in [4.78, 5) is 73.1. The Labute approximate surface area is 655 Å². The quantitative estimate of drug-likeness (QED) is 0.0169. The number of hydrogen-bond donors (Lipinski definition) is 3. The van der Waals surface area contributed by atoms with Crippen LogP contribution < -0.4 is 0 Å². The van der Waals surface area contributed by atoms with Gasteiger partial charge in [-0.15, -0.1) is 0 Å². The number of hydrogen-bond acceptors (Lipinski definition) is 15. The Morgan fingerprint density at radius 1 is 0.269 bits per heavy atom. The van der Waals surface area contributed by atoms with Gasteiger partial charge in [-0.3, -0.25) is 37.3 Å². The summed E-state index contributed by atoms with van der Waals surface area (Å²) >= 11 is 0. The van der Waals surface area contributed by atoms with Crippen LogP contribution in [0.3, 0.4) is 0 Å². The molecule has 0 aliphatic heterocycles. The second kappa shape index (κ2) is 79.8. The Morgan fingerprint density at radius 3 is 0.815 bits per heavy atom. The first-order chi connectivity index (χ1) is 52.7. The predicted octanol–water partition coefficient (Wildman–Crippen LogP) is 24.8. The number of allylic oxidation sites excluding steroid dienone is 26. The third-order valence-electron chi connectivity index (χ3n) is 17.0. The van der Waals surface area contributed by atoms with Gasteiger partial charge in [0.2, 0.25) is 0 Å². The van der Waals surface area contributed by atoms with Gasteiger partial charge >= 0.3 is 39.5 Å². The zero-order valence-electron chi connectivity index (χ0n) is 67.5. The van der Waals surface area contributed by atoms with Crippen molar-refractivity contribution < 1.29 is 80.2 Å². The first-order valence-electron chi connectivity index (χ1n) is 41.7. The van der Waals surface area contributed by atoms with Gasteiger partial charge < -0.3 is 33.8 Å². The second-order valence-electron chi connectivity index (χ2n) is 27.3. The van der Waals surface area contributed by atoms with Crippen LogP contribution in [0.25, 0.3) is 0 Å². The van der Waals surface area contributed by atoms with Crippen molar-refractivity contribution in [2.75, 3.05) is 39.6 Å². The lowest BCUT2D eigenvalue weighted by atomic mass is 10.1. The van der Waals surface area contributed by atoms with E-state index in [1.807, 2.05) is 18.2 Å². The number of phosphoric ester groups is 2. The molecule has 0 spiro atoms. The van der Waals surface area contributed by atoms with Crippen molar-refractivity contribution in [3.63, 3.8) is 0 Å². The summed E-state index contributed by atoms with van der Waals surface area (Å²) < 4.78 is 68.6. The number of ether oxygens (including phenoxy) is 4. The summed E-state index contributed by atoms with van der Waals surface area (Å²) in [7, 11) is -10.0. The summed E-state index contributed by atoms with van der Waals surface area (Å²) in [5.41, 5.74) is 0. The minimum absolute atomic E-state index is 0.0432. The van der Waals surface area contributed by atoms with Crippen LogP contribution in [0.4, 0.5) is 0 Å². The molecule has 0 bridgehead atoms. The van der Waals surface area contributed by atoms with E-state index in [9.17, 15) is 43.2 Å². The van der Waals surface area contributed by atoms with Gasteiger partial charge in [-0.2, -0.15) is 0 Å². The standard InChI is InChI=1S/C89H148O17P2/c1-5-9-13-17-21-25-29-33-37-39-41-43-47-50-54-58-62-66-70-74-87(92)100-80-85(106-89(94)76-72-68-64-60-56-52-48-44-42-40-38-34-30-26-22-18-14-10-6-2)82-104-108(97,98)102-78-83(90)77-101-107(95,96)103-81-84(105-88(93)75-71-67-63-59-55-51-46-36-32-28-24-20-16-12-8-4)79-99-86(91)73-69-65-61-57-53-49-45-35-31-27-23-19-15-11-7-3/h9-10,13-14,21-22,25-28,31-34,37-38,41-44,50,52,54,56,64,68,83-85,90H,5-8,11-12,15-20,23-24,29-30,35-36,39-40,45-49,51,53,55,57-63,65-67,69-82H2,1-4H3,(H,95,96)(H,97,98)/b13-9-,14-10-,25-21-,26-22-,31-27-,32-28-,37-33-,38-34-,43-41-,44-42-,54-50-,56-52-,68-64-/t83-,84+,85+/m0/s1. The predicted molar refractivity (Wildman–Crippen MR) is 445 cm³/mol. The Morgan fingerprint density at radius 2 is 0.500 bits per heavy atom. The number of carbonyl (C=O) groups is 4. The Bertz CT molecular complexity index is 2660. The van der Waals surface area contributed by atoms with E-state index in [1.165, 1.54) is 64.2 Å². The maximum atomic E-state index is 13.1. The maximum absolute atomic E-state index is 13.1. The zero-order valence-corrected chi connectivity index (χ0v) is 69.3. The number of unbranched alkanes of at least 4 members (excludes halogenated alkanes) is 25. The van der Waals surface area contributed by atoms with E-state index in [-0.39, 0.29) is 25.7 Å². The van der Waals surface area contributed by atoms with Crippen molar-refractivity contribution in [2.45, 2.75) is 341 Å². The molecule has 0 saturated heterocycles. The number of phosphoric acid groups is 2. The van der Waals surface area contributed by atoms with E-state index in [0.717, 1.165) is 173 Å². The first-order valence-corrected chi connectivity index (χ1v) is 44.7. The van der Waals surface area contributed by atoms with Gasteiger partial charge in [-0.25, -0.2) is 9.13 Å². The molecule has 17 nitrogen and oxygen atoms in total. The number of aliphatic hydroxyl groups excluding tert-OH is 1. The molecular weight excluding hydrogens is 1400 g/mol. The normalized spacial score (nSPS) is 14.6. The summed E-state index contributed by atoms with van der Waals surface area (Å²) in [6, 6.07) is 0. The third kappa shape index (κ3) is 78.8. The van der Waals surface area contributed by atoms with Crippen molar-refractivity contribution in [1.82, 2.24) is 0 Å². The molecule has 0 aromatic heterocycles. The summed E-state index contributed by atoms with van der Waals surface area (Å²) in [5, 5.41) is 10.7. The molecule has 0 amide bonds. The molecule has 19 heteroatoms. The average Bonchev–Trinajstić information content (AvgIpc) is 0.900. The minimum Gasteiger partial charge on any atom is -0.462 e. The summed E-state index contributed by atoms with van der Waals surface area (Å²) in [6.07, 6.45) is 93.7. The molecule has 108 heavy (non-hydrogen) atoms. The molecule has 0 radical (unpaired) electrons. The molecule has 616 valence electrons. The van der Waals surface area contributed by atoms with Crippen LogP contribution in [0.1, 0.15) is 323 Å². The largest absolute Gasteiger partial charge is 0.472 e. The fraction of sp³-hybridized carbons (Fsp3) is 0.663. The lowest BCUT2D eigenvalue weighted by Crippen LogP contribution is -2.30. The minimum atomic E-state index is -5.01. The van der Waals surface area contributed by atoms with Crippen molar-refractivity contribution >= 4 is 39.5 Å². The molecule has 0 fully saturated rings. The molecule has 2 unspecified atom stereocenters. The lowest BCUT2D eigenvalue weighted by molar-refractivity contribution is -0.161. The number of carbonyl (C=O) groups excluding carboxylic acids is 4. The smallest absolute Gasteiger partial charge is 0.462 e. The van der Waals surface area contributed by atoms with Crippen LogP contribution >= 0.6 is 15.6 Å². The molecule has 0 rings (SSSR count). The molecule has 0 heterocycles. The fourth-order valence-corrected chi connectivity index (χ4v) is 12.3. The third-order valence-corrected chi connectivity index (χ3v) is 18.9. The van der Waals surface area contributed by atoms with E-state index in [4.69, 9.17) is 37.0 Å². The highest BCUT2D eigenvalue weighted by atomic mass is 31.2. The molecular formula is C89H148O17P2. The van der Waals surface area contributed by atoms with Crippen LogP contribution in [0.2, 0.25) is 0 Å².